The fourth-order valence-corrected chi connectivity index (χ4v) is 8.67. The van der Waals surface area contributed by atoms with Crippen LogP contribution in [0.5, 0.6) is 11.8 Å². The van der Waals surface area contributed by atoms with Crippen LogP contribution in [-0.2, 0) is 17.8 Å². The Labute approximate surface area is 318 Å². The fourth-order valence-electron chi connectivity index (χ4n) is 7.05. The van der Waals surface area contributed by atoms with E-state index in [0.717, 1.165) is 38.9 Å². The molecule has 0 radical (unpaired) electrons. The minimum Gasteiger partial charge on any atom is -0.487 e. The molecule has 0 saturated carbocycles. The summed E-state index contributed by atoms with van der Waals surface area (Å²) in [6, 6.07) is 17.7. The highest BCUT2D eigenvalue weighted by Gasteiger charge is 2.38. The molecule has 2 aromatic heterocycles. The van der Waals surface area contributed by atoms with E-state index in [1.165, 1.54) is 12.4 Å². The molecule has 1 amide bonds. The van der Waals surface area contributed by atoms with Crippen molar-refractivity contribution in [2.75, 3.05) is 26.4 Å². The molecule has 3 aromatic carbocycles. The molecule has 3 N–H and O–H groups in total. The van der Waals surface area contributed by atoms with E-state index in [1.54, 1.807) is 22.5 Å². The van der Waals surface area contributed by atoms with Gasteiger partial charge in [0.1, 0.15) is 28.9 Å². The van der Waals surface area contributed by atoms with Crippen LogP contribution in [0.25, 0.3) is 11.0 Å². The quantitative estimate of drug-likeness (QED) is 0.0976. The van der Waals surface area contributed by atoms with Crippen LogP contribution in [0.2, 0.25) is 0 Å². The van der Waals surface area contributed by atoms with Gasteiger partial charge in [0.05, 0.1) is 24.2 Å². The maximum atomic E-state index is 13.9. The average Bonchev–Trinajstić information content (AvgIpc) is 3.55. The van der Waals surface area contributed by atoms with Gasteiger partial charge in [0.15, 0.2) is 0 Å². The Balaban J connectivity index is 1.37. The van der Waals surface area contributed by atoms with E-state index in [9.17, 15) is 13.9 Å². The predicted molar refractivity (Wildman–Crippen MR) is 209 cm³/mol. The number of hydrogen-bond donors (Lipinski definition) is 3. The molecule has 6 rings (SSSR count). The summed E-state index contributed by atoms with van der Waals surface area (Å²) < 4.78 is 44.3. The highest BCUT2D eigenvalue weighted by Crippen LogP contribution is 2.57. The zero-order chi connectivity index (χ0) is 38.6. The number of amides is 1. The Bertz CT molecular complexity index is 2090. The van der Waals surface area contributed by atoms with Crippen molar-refractivity contribution in [2.45, 2.75) is 90.4 Å². The Morgan fingerprint density at radius 3 is 2.54 bits per heavy atom. The number of carbonyl (C=O) groups is 1. The number of aryl methyl sites for hydroxylation is 3. The highest BCUT2D eigenvalue weighted by molar-refractivity contribution is 8.22. The van der Waals surface area contributed by atoms with Gasteiger partial charge in [-0.05, 0) is 94.0 Å². The Kier molecular flexibility index (Phi) is 11.9. The SMILES string of the molecule is CCOCCOc1ncc(C(=O)NC(C)(C)[C@@H](c2ccc(C)c(CN3CC(CC)Oc4ccccc4S3(O)O)c2)c2ccc3c(nnn3CC)c2C)cn1. The second kappa shape index (κ2) is 16.4. The molecule has 288 valence electrons. The minimum atomic E-state index is -3.37. The molecule has 0 spiro atoms. The number of ether oxygens (including phenoxy) is 3. The van der Waals surface area contributed by atoms with Crippen molar-refractivity contribution in [2.24, 2.45) is 0 Å². The second-order valence-corrected chi connectivity index (χ2v) is 16.1. The summed E-state index contributed by atoms with van der Waals surface area (Å²) in [5.74, 6) is -0.206. The number of benzene rings is 3. The molecule has 1 unspecified atom stereocenters. The molecule has 0 fully saturated rings. The predicted octanol–water partition coefficient (Wildman–Crippen LogP) is 7.31. The summed E-state index contributed by atoms with van der Waals surface area (Å²) >= 11 is 0. The van der Waals surface area contributed by atoms with E-state index in [2.05, 4.69) is 49.9 Å². The van der Waals surface area contributed by atoms with Crippen molar-refractivity contribution >= 4 is 27.7 Å². The van der Waals surface area contributed by atoms with E-state index >= 15 is 0 Å². The largest absolute Gasteiger partial charge is 0.487 e. The van der Waals surface area contributed by atoms with Crippen molar-refractivity contribution < 1.29 is 28.1 Å². The molecule has 14 heteroatoms. The minimum absolute atomic E-state index is 0.168. The van der Waals surface area contributed by atoms with Gasteiger partial charge in [-0.1, -0.05) is 48.5 Å². The molecule has 0 aliphatic carbocycles. The van der Waals surface area contributed by atoms with Crippen LogP contribution >= 0.6 is 10.8 Å². The van der Waals surface area contributed by atoms with Gasteiger partial charge in [-0.2, -0.15) is 4.31 Å². The first-order valence-electron chi connectivity index (χ1n) is 18.4. The number of nitrogens with zero attached hydrogens (tertiary/aromatic N) is 6. The summed E-state index contributed by atoms with van der Waals surface area (Å²) in [6.45, 7) is 16.6. The summed E-state index contributed by atoms with van der Waals surface area (Å²) in [7, 11) is -3.37. The van der Waals surface area contributed by atoms with Gasteiger partial charge in [-0.3, -0.25) is 13.9 Å². The van der Waals surface area contributed by atoms with Crippen LogP contribution in [0.4, 0.5) is 0 Å². The maximum Gasteiger partial charge on any atom is 0.316 e. The molecular formula is C40H51N7O6S. The molecule has 1 aliphatic rings. The lowest BCUT2D eigenvalue weighted by molar-refractivity contribution is 0.0903. The Morgan fingerprint density at radius 1 is 1.06 bits per heavy atom. The van der Waals surface area contributed by atoms with Gasteiger partial charge >= 0.3 is 6.01 Å². The number of para-hydroxylation sites is 1. The molecule has 0 saturated heterocycles. The third-order valence-corrected chi connectivity index (χ3v) is 11.9. The van der Waals surface area contributed by atoms with Crippen molar-refractivity contribution in [3.8, 4) is 11.8 Å². The third kappa shape index (κ3) is 8.08. The molecule has 2 atom stereocenters. The fraction of sp³-hybridized carbons (Fsp3) is 0.425. The number of aromatic nitrogens is 5. The number of nitrogens with one attached hydrogen (secondary N) is 1. The molecule has 0 bridgehead atoms. The monoisotopic (exact) mass is 757 g/mol. The van der Waals surface area contributed by atoms with Gasteiger partial charge in [0.25, 0.3) is 5.91 Å². The first-order valence-corrected chi connectivity index (χ1v) is 19.9. The molecule has 3 heterocycles. The van der Waals surface area contributed by atoms with Crippen LogP contribution in [0.15, 0.2) is 71.9 Å². The van der Waals surface area contributed by atoms with Crippen LogP contribution in [0.1, 0.15) is 85.1 Å². The maximum absolute atomic E-state index is 13.9. The van der Waals surface area contributed by atoms with E-state index in [1.807, 2.05) is 65.3 Å². The number of fused-ring (bicyclic) bond motifs is 2. The Morgan fingerprint density at radius 2 is 1.81 bits per heavy atom. The molecular weight excluding hydrogens is 707 g/mol. The Hall–Kier alpha value is -4.60. The molecule has 1 aliphatic heterocycles. The number of rotatable bonds is 14. The lowest BCUT2D eigenvalue weighted by Crippen LogP contribution is -2.48. The summed E-state index contributed by atoms with van der Waals surface area (Å²) in [4.78, 5) is 22.8. The first-order chi connectivity index (χ1) is 25.9. The normalized spacial score (nSPS) is 16.9. The average molecular weight is 758 g/mol. The van der Waals surface area contributed by atoms with Gasteiger partial charge < -0.3 is 19.5 Å². The zero-order valence-corrected chi connectivity index (χ0v) is 32.9. The first kappa shape index (κ1) is 39.1. The van der Waals surface area contributed by atoms with Crippen LogP contribution in [0, 0.1) is 13.8 Å². The van der Waals surface area contributed by atoms with Crippen molar-refractivity contribution in [3.63, 3.8) is 0 Å². The van der Waals surface area contributed by atoms with E-state index < -0.39 is 16.3 Å². The number of carbonyl (C=O) groups excluding carboxylic acids is 1. The lowest BCUT2D eigenvalue weighted by atomic mass is 9.74. The summed E-state index contributed by atoms with van der Waals surface area (Å²) in [5.41, 5.74) is 5.97. The van der Waals surface area contributed by atoms with Crippen LogP contribution < -0.4 is 14.8 Å². The van der Waals surface area contributed by atoms with Crippen LogP contribution in [0.3, 0.4) is 0 Å². The standard InChI is InChI=1S/C40H51N7O6S/c1-8-31-25-46(54(49,50)35-14-12-11-13-34(35)53-31)24-29-21-28(16-15-26(29)4)36(32-17-18-33-37(27(32)5)44-45-47(33)9-2)40(6,7)43-38(48)30-22-41-39(42-23-30)52-20-19-51-10-3/h11-18,21-23,31,36,49-50H,8-10,19-20,24-25H2,1-7H3,(H,43,48)/t31?,36-/m0/s1. The zero-order valence-electron chi connectivity index (χ0n) is 32.1. The summed E-state index contributed by atoms with van der Waals surface area (Å²) in [6.07, 6.45) is 3.39. The summed E-state index contributed by atoms with van der Waals surface area (Å²) in [5, 5.41) is 12.2. The third-order valence-electron chi connectivity index (χ3n) is 10.0. The van der Waals surface area contributed by atoms with E-state index in [-0.39, 0.29) is 30.5 Å². The molecule has 13 nitrogen and oxygen atoms in total. The van der Waals surface area contributed by atoms with Gasteiger partial charge in [-0.15, -0.1) is 15.9 Å². The van der Waals surface area contributed by atoms with Gasteiger partial charge in [0, 0.05) is 43.5 Å². The smallest absolute Gasteiger partial charge is 0.316 e. The van der Waals surface area contributed by atoms with E-state index in [0.29, 0.717) is 55.5 Å². The van der Waals surface area contributed by atoms with Gasteiger partial charge in [-0.25, -0.2) is 14.6 Å². The lowest BCUT2D eigenvalue weighted by Gasteiger charge is -2.42. The van der Waals surface area contributed by atoms with Crippen molar-refractivity contribution in [3.05, 3.63) is 100 Å². The van der Waals surface area contributed by atoms with Crippen molar-refractivity contribution in [1.82, 2.24) is 34.6 Å². The van der Waals surface area contributed by atoms with Gasteiger partial charge in [0.2, 0.25) is 0 Å². The highest BCUT2D eigenvalue weighted by atomic mass is 32.3. The van der Waals surface area contributed by atoms with Crippen LogP contribution in [-0.4, -0.2) is 82.3 Å². The van der Waals surface area contributed by atoms with E-state index in [4.69, 9.17) is 14.2 Å². The topological polar surface area (TPSA) is 157 Å². The number of hydrogen-bond acceptors (Lipinski definition) is 11. The molecule has 5 aromatic rings. The molecule has 54 heavy (non-hydrogen) atoms. The second-order valence-electron chi connectivity index (χ2n) is 14.1. The van der Waals surface area contributed by atoms with Crippen molar-refractivity contribution in [1.29, 1.82) is 0 Å².